The van der Waals surface area contributed by atoms with Crippen molar-refractivity contribution in [3.8, 4) is 0 Å². The van der Waals surface area contributed by atoms with Crippen LogP contribution < -0.4 is 10.2 Å². The van der Waals surface area contributed by atoms with Gasteiger partial charge in [0.05, 0.1) is 0 Å². The van der Waals surface area contributed by atoms with Crippen LogP contribution in [0.3, 0.4) is 0 Å². The average Bonchev–Trinajstić information content (AvgIpc) is 2.29. The molecule has 1 saturated heterocycles. The van der Waals surface area contributed by atoms with Crippen molar-refractivity contribution in [1.29, 1.82) is 0 Å². The van der Waals surface area contributed by atoms with Gasteiger partial charge in [0.1, 0.15) is 0 Å². The van der Waals surface area contributed by atoms with Gasteiger partial charge >= 0.3 is 0 Å². The van der Waals surface area contributed by atoms with Gasteiger partial charge in [0.2, 0.25) is 0 Å². The van der Waals surface area contributed by atoms with Crippen molar-refractivity contribution in [3.05, 3.63) is 29.3 Å². The molecule has 0 aliphatic carbocycles. The molecule has 1 atom stereocenters. The topological polar surface area (TPSA) is 15.3 Å². The Labute approximate surface area is 105 Å². The smallest absolute Gasteiger partial charge is 0.0412 e. The Morgan fingerprint density at radius 2 is 2.24 bits per heavy atom. The minimum absolute atomic E-state index is 0.826. The number of rotatable bonds is 3. The molecular weight excluding hydrogens is 208 g/mol. The highest BCUT2D eigenvalue weighted by Gasteiger charge is 2.18. The number of hydrogen-bond donors (Lipinski definition) is 1. The van der Waals surface area contributed by atoms with Crippen molar-refractivity contribution in [2.45, 2.75) is 33.2 Å². The third-order valence-electron chi connectivity index (χ3n) is 3.60. The fourth-order valence-corrected chi connectivity index (χ4v) is 2.76. The van der Waals surface area contributed by atoms with Crippen LogP contribution in [0.4, 0.5) is 5.69 Å². The van der Waals surface area contributed by atoms with Crippen molar-refractivity contribution in [1.82, 2.24) is 5.32 Å². The molecule has 2 heteroatoms. The van der Waals surface area contributed by atoms with Crippen LogP contribution in [0.5, 0.6) is 0 Å². The summed E-state index contributed by atoms with van der Waals surface area (Å²) in [5, 5.41) is 3.28. The van der Waals surface area contributed by atoms with Gasteiger partial charge < -0.3 is 10.2 Å². The Bertz CT molecular complexity index is 373. The van der Waals surface area contributed by atoms with Crippen LogP contribution in [0, 0.1) is 12.8 Å². The molecule has 1 aliphatic rings. The fourth-order valence-electron chi connectivity index (χ4n) is 2.76. The first-order valence-corrected chi connectivity index (χ1v) is 6.70. The zero-order valence-corrected chi connectivity index (χ0v) is 11.3. The predicted octanol–water partition coefficient (Wildman–Crippen LogP) is 2.95. The number of anilines is 1. The highest BCUT2D eigenvalue weighted by Crippen LogP contribution is 2.27. The maximum absolute atomic E-state index is 3.28. The highest BCUT2D eigenvalue weighted by atomic mass is 15.1. The van der Waals surface area contributed by atoms with Gasteiger partial charge in [0, 0.05) is 25.3 Å². The number of aryl methyl sites for hydroxylation is 1. The Kier molecular flexibility index (Phi) is 4.06. The summed E-state index contributed by atoms with van der Waals surface area (Å²) in [6.07, 6.45) is 2.71. The van der Waals surface area contributed by atoms with Gasteiger partial charge in [-0.3, -0.25) is 0 Å². The molecule has 1 heterocycles. The summed E-state index contributed by atoms with van der Waals surface area (Å²) in [5.74, 6) is 0.826. The van der Waals surface area contributed by atoms with Gasteiger partial charge in [-0.25, -0.2) is 0 Å². The number of nitrogens with one attached hydrogen (secondary N) is 1. The number of nitrogens with zero attached hydrogens (tertiary/aromatic N) is 1. The fraction of sp³-hybridized carbons (Fsp3) is 0.600. The van der Waals surface area contributed by atoms with Crippen molar-refractivity contribution in [3.63, 3.8) is 0 Å². The maximum atomic E-state index is 3.28. The van der Waals surface area contributed by atoms with E-state index in [2.05, 4.69) is 42.3 Å². The summed E-state index contributed by atoms with van der Waals surface area (Å²) in [4.78, 5) is 2.56. The molecule has 17 heavy (non-hydrogen) atoms. The first kappa shape index (κ1) is 12.4. The normalized spacial score (nSPS) is 20.6. The van der Waals surface area contributed by atoms with Gasteiger partial charge in [0.15, 0.2) is 0 Å². The van der Waals surface area contributed by atoms with Gasteiger partial charge in [-0.2, -0.15) is 0 Å². The van der Waals surface area contributed by atoms with E-state index in [0.717, 1.165) is 12.5 Å². The van der Waals surface area contributed by atoms with Crippen LogP contribution in [0.2, 0.25) is 0 Å². The van der Waals surface area contributed by atoms with Gasteiger partial charge in [0.25, 0.3) is 0 Å². The van der Waals surface area contributed by atoms with Crippen LogP contribution in [0.15, 0.2) is 18.2 Å². The van der Waals surface area contributed by atoms with E-state index in [1.807, 2.05) is 7.05 Å². The van der Waals surface area contributed by atoms with Crippen LogP contribution in [0.1, 0.15) is 30.9 Å². The Balaban J connectivity index is 2.23. The lowest BCUT2D eigenvalue weighted by Gasteiger charge is -2.34. The molecule has 0 bridgehead atoms. The summed E-state index contributed by atoms with van der Waals surface area (Å²) in [6, 6.07) is 6.83. The van der Waals surface area contributed by atoms with Crippen LogP contribution in [0.25, 0.3) is 0 Å². The van der Waals surface area contributed by atoms with E-state index in [0.29, 0.717) is 0 Å². The molecule has 0 saturated carbocycles. The number of piperidine rings is 1. The molecule has 0 amide bonds. The molecule has 0 aromatic heterocycles. The van der Waals surface area contributed by atoms with Gasteiger partial charge in [-0.05, 0) is 44.4 Å². The van der Waals surface area contributed by atoms with E-state index in [1.165, 1.54) is 42.7 Å². The lowest BCUT2D eigenvalue weighted by Crippen LogP contribution is -2.35. The predicted molar refractivity (Wildman–Crippen MR) is 74.6 cm³/mol. The van der Waals surface area contributed by atoms with Crippen LogP contribution in [-0.4, -0.2) is 20.1 Å². The second-order valence-corrected chi connectivity index (χ2v) is 5.36. The molecule has 94 valence electrons. The zero-order valence-electron chi connectivity index (χ0n) is 11.3. The first-order chi connectivity index (χ1) is 8.20. The van der Waals surface area contributed by atoms with Crippen molar-refractivity contribution in [2.24, 2.45) is 5.92 Å². The highest BCUT2D eigenvalue weighted by molar-refractivity contribution is 5.55. The van der Waals surface area contributed by atoms with E-state index in [-0.39, 0.29) is 0 Å². The maximum Gasteiger partial charge on any atom is 0.0412 e. The summed E-state index contributed by atoms with van der Waals surface area (Å²) >= 11 is 0. The minimum atomic E-state index is 0.826. The van der Waals surface area contributed by atoms with Crippen molar-refractivity contribution < 1.29 is 0 Å². The molecule has 2 nitrogen and oxygen atoms in total. The molecule has 1 N–H and O–H groups in total. The van der Waals surface area contributed by atoms with Crippen molar-refractivity contribution in [2.75, 3.05) is 25.0 Å². The van der Waals surface area contributed by atoms with Gasteiger partial charge in [-0.15, -0.1) is 0 Å². The van der Waals surface area contributed by atoms with E-state index < -0.39 is 0 Å². The first-order valence-electron chi connectivity index (χ1n) is 6.70. The second-order valence-electron chi connectivity index (χ2n) is 5.36. The lowest BCUT2D eigenvalue weighted by molar-refractivity contribution is 0.446. The molecule has 0 spiro atoms. The Morgan fingerprint density at radius 1 is 1.41 bits per heavy atom. The number of benzene rings is 1. The molecule has 1 unspecified atom stereocenters. The molecule has 2 rings (SSSR count). The largest absolute Gasteiger partial charge is 0.371 e. The van der Waals surface area contributed by atoms with Gasteiger partial charge in [-0.1, -0.05) is 24.6 Å². The van der Waals surface area contributed by atoms with E-state index in [1.54, 1.807) is 0 Å². The number of hydrogen-bond acceptors (Lipinski definition) is 2. The van der Waals surface area contributed by atoms with Crippen LogP contribution >= 0.6 is 0 Å². The summed E-state index contributed by atoms with van der Waals surface area (Å²) < 4.78 is 0. The molecular formula is C15H24N2. The molecule has 1 aromatic carbocycles. The van der Waals surface area contributed by atoms with Crippen molar-refractivity contribution >= 4 is 5.69 Å². The standard InChI is InChI=1S/C15H24N2/c1-12-6-7-15(14(9-12)10-16-3)17-8-4-5-13(2)11-17/h6-7,9,13,16H,4-5,8,10-11H2,1-3H3. The molecule has 1 aliphatic heterocycles. The third-order valence-corrected chi connectivity index (χ3v) is 3.60. The van der Waals surface area contributed by atoms with E-state index in [4.69, 9.17) is 0 Å². The van der Waals surface area contributed by atoms with Crippen LogP contribution in [-0.2, 0) is 6.54 Å². The minimum Gasteiger partial charge on any atom is -0.371 e. The summed E-state index contributed by atoms with van der Waals surface area (Å²) in [5.41, 5.74) is 4.21. The third kappa shape index (κ3) is 3.01. The second kappa shape index (κ2) is 5.54. The zero-order chi connectivity index (χ0) is 12.3. The quantitative estimate of drug-likeness (QED) is 0.862. The lowest BCUT2D eigenvalue weighted by atomic mass is 9.98. The average molecular weight is 232 g/mol. The summed E-state index contributed by atoms with van der Waals surface area (Å²) in [7, 11) is 2.02. The molecule has 0 radical (unpaired) electrons. The van der Waals surface area contributed by atoms with E-state index >= 15 is 0 Å². The summed E-state index contributed by atoms with van der Waals surface area (Å²) in [6.45, 7) is 7.91. The Hall–Kier alpha value is -1.02. The molecule has 1 aromatic rings. The monoisotopic (exact) mass is 232 g/mol. The molecule has 1 fully saturated rings. The Morgan fingerprint density at radius 3 is 2.94 bits per heavy atom. The van der Waals surface area contributed by atoms with E-state index in [9.17, 15) is 0 Å². The SMILES string of the molecule is CNCc1cc(C)ccc1N1CCCC(C)C1.